The summed E-state index contributed by atoms with van der Waals surface area (Å²) in [5.41, 5.74) is 0. The number of nitrogens with zero attached hydrogens (tertiary/aromatic N) is 1. The molecule has 1 N–H and O–H groups in total. The molecular weight excluding hydrogens is 268 g/mol. The van der Waals surface area contributed by atoms with E-state index in [4.69, 9.17) is 14.2 Å². The Balaban J connectivity index is 1.39. The van der Waals surface area contributed by atoms with Crippen molar-refractivity contribution in [3.63, 3.8) is 0 Å². The van der Waals surface area contributed by atoms with E-state index in [0.717, 1.165) is 63.9 Å². The van der Waals surface area contributed by atoms with Crippen LogP contribution in [0.4, 0.5) is 0 Å². The molecule has 2 heterocycles. The Bertz CT molecular complexity index is 412. The van der Waals surface area contributed by atoms with Gasteiger partial charge in [-0.3, -0.25) is 4.90 Å². The molecule has 2 aliphatic rings. The number of morpholine rings is 1. The van der Waals surface area contributed by atoms with E-state index >= 15 is 0 Å². The molecule has 0 aliphatic carbocycles. The molecule has 2 aliphatic heterocycles. The Kier molecular flexibility index (Phi) is 5.32. The fourth-order valence-corrected chi connectivity index (χ4v) is 2.65. The molecule has 2 fully saturated rings. The van der Waals surface area contributed by atoms with E-state index in [2.05, 4.69) is 10.2 Å². The van der Waals surface area contributed by atoms with E-state index in [0.29, 0.717) is 12.7 Å². The van der Waals surface area contributed by atoms with Gasteiger partial charge in [0, 0.05) is 26.2 Å². The van der Waals surface area contributed by atoms with Crippen molar-refractivity contribution < 1.29 is 14.2 Å². The maximum absolute atomic E-state index is 5.89. The minimum atomic E-state index is 0.304. The van der Waals surface area contributed by atoms with Gasteiger partial charge in [-0.15, -0.1) is 0 Å². The summed E-state index contributed by atoms with van der Waals surface area (Å²) in [6.07, 6.45) is 1.38. The van der Waals surface area contributed by atoms with Gasteiger partial charge in [0.1, 0.15) is 24.2 Å². The highest BCUT2D eigenvalue weighted by molar-refractivity contribution is 5.31. The van der Waals surface area contributed by atoms with Crippen molar-refractivity contribution in [1.82, 2.24) is 10.2 Å². The average molecular weight is 292 g/mol. The van der Waals surface area contributed by atoms with E-state index in [1.165, 1.54) is 0 Å². The normalized spacial score (nSPS) is 23.1. The van der Waals surface area contributed by atoms with Gasteiger partial charge in [0.25, 0.3) is 0 Å². The molecule has 116 valence electrons. The Morgan fingerprint density at radius 2 is 1.90 bits per heavy atom. The van der Waals surface area contributed by atoms with Gasteiger partial charge in [0.05, 0.1) is 13.2 Å². The van der Waals surface area contributed by atoms with Gasteiger partial charge in [-0.25, -0.2) is 0 Å². The maximum Gasteiger partial charge on any atom is 0.120 e. The summed E-state index contributed by atoms with van der Waals surface area (Å²) in [6.45, 7) is 7.34. The first kappa shape index (κ1) is 14.6. The van der Waals surface area contributed by atoms with Crippen LogP contribution in [0.15, 0.2) is 24.3 Å². The van der Waals surface area contributed by atoms with Crippen LogP contribution in [0.5, 0.6) is 11.5 Å². The van der Waals surface area contributed by atoms with Crippen molar-refractivity contribution in [2.45, 2.75) is 12.5 Å². The van der Waals surface area contributed by atoms with E-state index < -0.39 is 0 Å². The Hall–Kier alpha value is -1.30. The lowest BCUT2D eigenvalue weighted by atomic mass is 10.3. The number of rotatable bonds is 6. The maximum atomic E-state index is 5.89. The SMILES string of the molecule is c1cc(OC2CCNC2)ccc1OCCN1CCOCC1. The molecule has 1 unspecified atom stereocenters. The first-order chi connectivity index (χ1) is 10.4. The largest absolute Gasteiger partial charge is 0.492 e. The third-order valence-electron chi connectivity index (χ3n) is 3.92. The van der Waals surface area contributed by atoms with Crippen LogP contribution in [0.25, 0.3) is 0 Å². The minimum Gasteiger partial charge on any atom is -0.492 e. The van der Waals surface area contributed by atoms with Crippen LogP contribution < -0.4 is 14.8 Å². The molecule has 5 heteroatoms. The van der Waals surface area contributed by atoms with Crippen LogP contribution in [0.2, 0.25) is 0 Å². The van der Waals surface area contributed by atoms with Gasteiger partial charge in [-0.2, -0.15) is 0 Å². The lowest BCUT2D eigenvalue weighted by Crippen LogP contribution is -2.38. The van der Waals surface area contributed by atoms with Crippen LogP contribution in [0.1, 0.15) is 6.42 Å². The molecular formula is C16H24N2O3. The molecule has 1 aromatic carbocycles. The van der Waals surface area contributed by atoms with E-state index in [9.17, 15) is 0 Å². The number of benzene rings is 1. The lowest BCUT2D eigenvalue weighted by Gasteiger charge is -2.26. The van der Waals surface area contributed by atoms with Crippen molar-refractivity contribution in [1.29, 1.82) is 0 Å². The number of hydrogen-bond donors (Lipinski definition) is 1. The molecule has 21 heavy (non-hydrogen) atoms. The van der Waals surface area contributed by atoms with Crippen LogP contribution in [-0.4, -0.2) is 63.5 Å². The van der Waals surface area contributed by atoms with Gasteiger partial charge in [-0.1, -0.05) is 0 Å². The Labute approximate surface area is 126 Å². The topological polar surface area (TPSA) is 43.0 Å². The zero-order chi connectivity index (χ0) is 14.3. The summed E-state index contributed by atoms with van der Waals surface area (Å²) in [5.74, 6) is 1.82. The molecule has 0 radical (unpaired) electrons. The van der Waals surface area contributed by atoms with Gasteiger partial charge in [0.2, 0.25) is 0 Å². The van der Waals surface area contributed by atoms with Crippen LogP contribution in [-0.2, 0) is 4.74 Å². The van der Waals surface area contributed by atoms with Crippen molar-refractivity contribution in [3.05, 3.63) is 24.3 Å². The summed E-state index contributed by atoms with van der Waals surface area (Å²) in [6, 6.07) is 7.94. The lowest BCUT2D eigenvalue weighted by molar-refractivity contribution is 0.0322. The van der Waals surface area contributed by atoms with Crippen molar-refractivity contribution in [3.8, 4) is 11.5 Å². The quantitative estimate of drug-likeness (QED) is 0.851. The number of ether oxygens (including phenoxy) is 3. The standard InChI is InChI=1S/C16H24N2O3/c1-3-15(21-16-5-6-17-13-16)4-2-14(1)20-12-9-18-7-10-19-11-8-18/h1-4,16-17H,5-13H2. The number of nitrogens with one attached hydrogen (secondary N) is 1. The highest BCUT2D eigenvalue weighted by Gasteiger charge is 2.15. The van der Waals surface area contributed by atoms with Gasteiger partial charge in [0.15, 0.2) is 0 Å². The molecule has 0 aromatic heterocycles. The number of hydrogen-bond acceptors (Lipinski definition) is 5. The molecule has 1 aromatic rings. The molecule has 1 atom stereocenters. The molecule has 0 spiro atoms. The summed E-state index contributed by atoms with van der Waals surface area (Å²) < 4.78 is 17.0. The van der Waals surface area contributed by atoms with Gasteiger partial charge < -0.3 is 19.5 Å². The highest BCUT2D eigenvalue weighted by Crippen LogP contribution is 2.20. The second-order valence-electron chi connectivity index (χ2n) is 5.51. The molecule has 0 bridgehead atoms. The molecule has 2 saturated heterocycles. The smallest absolute Gasteiger partial charge is 0.120 e. The van der Waals surface area contributed by atoms with Crippen molar-refractivity contribution in [2.24, 2.45) is 0 Å². The average Bonchev–Trinajstić information content (AvgIpc) is 3.03. The zero-order valence-corrected chi connectivity index (χ0v) is 12.4. The highest BCUT2D eigenvalue weighted by atomic mass is 16.5. The van der Waals surface area contributed by atoms with Crippen LogP contribution >= 0.6 is 0 Å². The third kappa shape index (κ3) is 4.59. The first-order valence-corrected chi connectivity index (χ1v) is 7.80. The van der Waals surface area contributed by atoms with E-state index in [1.807, 2.05) is 24.3 Å². The predicted molar refractivity (Wildman–Crippen MR) is 81.1 cm³/mol. The molecule has 0 saturated carbocycles. The molecule has 3 rings (SSSR count). The van der Waals surface area contributed by atoms with Crippen molar-refractivity contribution in [2.75, 3.05) is 52.5 Å². The second-order valence-corrected chi connectivity index (χ2v) is 5.51. The van der Waals surface area contributed by atoms with E-state index in [1.54, 1.807) is 0 Å². The third-order valence-corrected chi connectivity index (χ3v) is 3.92. The first-order valence-electron chi connectivity index (χ1n) is 7.80. The van der Waals surface area contributed by atoms with Crippen LogP contribution in [0, 0.1) is 0 Å². The van der Waals surface area contributed by atoms with E-state index in [-0.39, 0.29) is 0 Å². The minimum absolute atomic E-state index is 0.304. The fourth-order valence-electron chi connectivity index (χ4n) is 2.65. The Morgan fingerprint density at radius 3 is 2.62 bits per heavy atom. The second kappa shape index (κ2) is 7.64. The van der Waals surface area contributed by atoms with Crippen molar-refractivity contribution >= 4 is 0 Å². The molecule has 5 nitrogen and oxygen atoms in total. The zero-order valence-electron chi connectivity index (χ0n) is 12.4. The summed E-state index contributed by atoms with van der Waals surface area (Å²) in [5, 5.41) is 3.30. The summed E-state index contributed by atoms with van der Waals surface area (Å²) >= 11 is 0. The monoisotopic (exact) mass is 292 g/mol. The predicted octanol–water partition coefficient (Wildman–Crippen LogP) is 1.14. The van der Waals surface area contributed by atoms with Gasteiger partial charge >= 0.3 is 0 Å². The summed E-state index contributed by atoms with van der Waals surface area (Å²) in [7, 11) is 0. The Morgan fingerprint density at radius 1 is 1.14 bits per heavy atom. The van der Waals surface area contributed by atoms with Crippen LogP contribution in [0.3, 0.4) is 0 Å². The summed E-state index contributed by atoms with van der Waals surface area (Å²) in [4.78, 5) is 2.37. The fraction of sp³-hybridized carbons (Fsp3) is 0.625. The van der Waals surface area contributed by atoms with Gasteiger partial charge in [-0.05, 0) is 37.2 Å². The molecule has 0 amide bonds.